The zero-order valence-electron chi connectivity index (χ0n) is 17.3. The fraction of sp³-hybridized carbons (Fsp3) is 0.364. The third-order valence-corrected chi connectivity index (χ3v) is 5.32. The normalized spacial score (nSPS) is 24.1. The Kier molecular flexibility index (Phi) is 6.70. The van der Waals surface area contributed by atoms with Gasteiger partial charge in [-0.2, -0.15) is 13.2 Å². The van der Waals surface area contributed by atoms with E-state index < -0.39 is 42.2 Å². The van der Waals surface area contributed by atoms with E-state index in [-0.39, 0.29) is 24.9 Å². The molecule has 0 aliphatic carbocycles. The van der Waals surface area contributed by atoms with Crippen LogP contribution in [-0.2, 0) is 26.9 Å². The van der Waals surface area contributed by atoms with Crippen molar-refractivity contribution in [2.45, 2.75) is 37.1 Å². The van der Waals surface area contributed by atoms with Gasteiger partial charge in [0.2, 0.25) is 0 Å². The van der Waals surface area contributed by atoms with Crippen LogP contribution in [0.25, 0.3) is 0 Å². The molecule has 176 valence electrons. The van der Waals surface area contributed by atoms with Crippen molar-refractivity contribution in [3.8, 4) is 0 Å². The van der Waals surface area contributed by atoms with Crippen molar-refractivity contribution >= 4 is 17.8 Å². The van der Waals surface area contributed by atoms with Crippen molar-refractivity contribution in [1.29, 1.82) is 0 Å². The monoisotopic (exact) mass is 465 g/mol. The number of alkyl halides is 3. The lowest BCUT2D eigenvalue weighted by Crippen LogP contribution is -2.48. The summed E-state index contributed by atoms with van der Waals surface area (Å²) in [7, 11) is 0. The summed E-state index contributed by atoms with van der Waals surface area (Å²) in [6.07, 6.45) is -7.33. The maximum atomic E-state index is 12.8. The molecular weight excluding hydrogens is 443 g/mol. The average Bonchev–Trinajstić information content (AvgIpc) is 3.36. The molecule has 2 fully saturated rings. The quantitative estimate of drug-likeness (QED) is 0.630. The highest BCUT2D eigenvalue weighted by atomic mass is 19.4. The molecule has 0 unspecified atom stereocenters. The smallest absolute Gasteiger partial charge is 0.416 e. The second-order valence-electron chi connectivity index (χ2n) is 7.66. The fourth-order valence-corrected chi connectivity index (χ4v) is 3.74. The molecule has 2 aliphatic heterocycles. The number of benzene rings is 2. The number of hydrogen-bond acceptors (Lipinski definition) is 5. The fourth-order valence-electron chi connectivity index (χ4n) is 3.74. The molecule has 0 saturated carbocycles. The summed E-state index contributed by atoms with van der Waals surface area (Å²) in [5, 5.41) is 7.83. The Labute approximate surface area is 187 Å². The van der Waals surface area contributed by atoms with E-state index >= 15 is 0 Å². The first-order valence-corrected chi connectivity index (χ1v) is 10.3. The first-order chi connectivity index (χ1) is 15.8. The Bertz CT molecular complexity index is 989. The molecule has 0 spiro atoms. The van der Waals surface area contributed by atoms with Crippen molar-refractivity contribution in [2.75, 3.05) is 18.5 Å². The first kappa shape index (κ1) is 22.9. The predicted molar refractivity (Wildman–Crippen MR) is 110 cm³/mol. The van der Waals surface area contributed by atoms with Crippen LogP contribution in [0.3, 0.4) is 0 Å². The molecule has 0 bridgehead atoms. The number of rotatable bonds is 5. The zero-order chi connectivity index (χ0) is 23.4. The van der Waals surface area contributed by atoms with Gasteiger partial charge >= 0.3 is 18.3 Å². The molecule has 4 atom stereocenters. The highest BCUT2D eigenvalue weighted by Gasteiger charge is 2.50. The highest BCUT2D eigenvalue weighted by molar-refractivity contribution is 5.84. The van der Waals surface area contributed by atoms with Crippen molar-refractivity contribution in [1.82, 2.24) is 10.6 Å². The molecule has 3 N–H and O–H groups in total. The van der Waals surface area contributed by atoms with Crippen LogP contribution in [0.15, 0.2) is 54.6 Å². The number of ether oxygens (including phenoxy) is 3. The van der Waals surface area contributed by atoms with E-state index in [0.29, 0.717) is 6.54 Å². The summed E-state index contributed by atoms with van der Waals surface area (Å²) >= 11 is 0. The van der Waals surface area contributed by atoms with Gasteiger partial charge < -0.3 is 24.8 Å². The zero-order valence-corrected chi connectivity index (χ0v) is 17.3. The maximum Gasteiger partial charge on any atom is 0.416 e. The van der Waals surface area contributed by atoms with Gasteiger partial charge in [0.25, 0.3) is 0 Å². The van der Waals surface area contributed by atoms with Crippen LogP contribution >= 0.6 is 0 Å². The van der Waals surface area contributed by atoms with E-state index in [2.05, 4.69) is 16.0 Å². The molecule has 4 rings (SSSR count). The Morgan fingerprint density at radius 3 is 2.52 bits per heavy atom. The van der Waals surface area contributed by atoms with E-state index in [4.69, 9.17) is 14.2 Å². The number of anilines is 1. The van der Waals surface area contributed by atoms with Gasteiger partial charge in [-0.05, 0) is 23.8 Å². The Balaban J connectivity index is 1.26. The van der Waals surface area contributed by atoms with E-state index in [1.807, 2.05) is 30.3 Å². The standard InChI is InChI=1S/C22H22F3N3O5/c23-22(24,25)14-7-4-8-15(9-14)27-21(30)33-17-12-32-18-16(11-31-19(17)18)28-20(29)26-10-13-5-2-1-3-6-13/h1-9,16-19H,10-12H2,(H,27,30)(H2,26,28,29)/t16-,17-,18-,19+/m1/s1. The van der Waals surface area contributed by atoms with Gasteiger partial charge in [0.1, 0.15) is 12.2 Å². The first-order valence-electron chi connectivity index (χ1n) is 10.3. The Morgan fingerprint density at radius 2 is 1.76 bits per heavy atom. The summed E-state index contributed by atoms with van der Waals surface area (Å²) in [5.41, 5.74) is 0.0148. The van der Waals surface area contributed by atoms with Crippen LogP contribution in [0.2, 0.25) is 0 Å². The summed E-state index contributed by atoms with van der Waals surface area (Å²) in [6, 6.07) is 12.8. The van der Waals surface area contributed by atoms with Gasteiger partial charge in [0.15, 0.2) is 6.10 Å². The van der Waals surface area contributed by atoms with Crippen molar-refractivity contribution in [3.05, 3.63) is 65.7 Å². The maximum absolute atomic E-state index is 12.8. The van der Waals surface area contributed by atoms with Crippen LogP contribution < -0.4 is 16.0 Å². The van der Waals surface area contributed by atoms with E-state index in [1.165, 1.54) is 12.1 Å². The molecule has 2 heterocycles. The lowest BCUT2D eigenvalue weighted by Gasteiger charge is -2.18. The minimum absolute atomic E-state index is 0.0369. The number of fused-ring (bicyclic) bond motifs is 1. The van der Waals surface area contributed by atoms with E-state index in [9.17, 15) is 22.8 Å². The molecule has 0 radical (unpaired) electrons. The SMILES string of the molecule is O=C(NCc1ccccc1)N[C@@H]1CO[C@@H]2[C@@H]1OC[C@H]2OC(=O)Nc1cccc(C(F)(F)F)c1. The Morgan fingerprint density at radius 1 is 1.00 bits per heavy atom. The molecular formula is C22H22F3N3O5. The third kappa shape index (κ3) is 5.74. The third-order valence-electron chi connectivity index (χ3n) is 5.32. The van der Waals surface area contributed by atoms with Crippen molar-refractivity contribution in [2.24, 2.45) is 0 Å². The molecule has 33 heavy (non-hydrogen) atoms. The van der Waals surface area contributed by atoms with Crippen LogP contribution in [0, 0.1) is 0 Å². The number of hydrogen-bond donors (Lipinski definition) is 3. The predicted octanol–water partition coefficient (Wildman–Crippen LogP) is 3.29. The van der Waals surface area contributed by atoms with Gasteiger partial charge in [-0.3, -0.25) is 5.32 Å². The molecule has 8 nitrogen and oxygen atoms in total. The van der Waals surface area contributed by atoms with E-state index in [0.717, 1.165) is 17.7 Å². The molecule has 2 aliphatic rings. The number of nitrogens with one attached hydrogen (secondary N) is 3. The van der Waals surface area contributed by atoms with Gasteiger partial charge in [0, 0.05) is 12.2 Å². The van der Waals surface area contributed by atoms with Gasteiger partial charge in [-0.25, -0.2) is 9.59 Å². The lowest BCUT2D eigenvalue weighted by molar-refractivity contribution is -0.137. The lowest BCUT2D eigenvalue weighted by atomic mass is 10.1. The van der Waals surface area contributed by atoms with Gasteiger partial charge in [-0.15, -0.1) is 0 Å². The minimum atomic E-state index is -4.53. The average molecular weight is 465 g/mol. The number of carbonyl (C=O) groups is 2. The van der Waals surface area contributed by atoms with Crippen LogP contribution in [0.5, 0.6) is 0 Å². The van der Waals surface area contributed by atoms with Crippen LogP contribution in [0.4, 0.5) is 28.4 Å². The van der Waals surface area contributed by atoms with E-state index in [1.54, 1.807) is 0 Å². The largest absolute Gasteiger partial charge is 0.441 e. The van der Waals surface area contributed by atoms with Crippen LogP contribution in [0.1, 0.15) is 11.1 Å². The van der Waals surface area contributed by atoms with Crippen molar-refractivity contribution in [3.63, 3.8) is 0 Å². The molecule has 2 saturated heterocycles. The van der Waals surface area contributed by atoms with Crippen LogP contribution in [-0.4, -0.2) is 49.7 Å². The van der Waals surface area contributed by atoms with Gasteiger partial charge in [-0.1, -0.05) is 36.4 Å². The second-order valence-corrected chi connectivity index (χ2v) is 7.66. The molecule has 2 aromatic carbocycles. The highest BCUT2D eigenvalue weighted by Crippen LogP contribution is 2.31. The van der Waals surface area contributed by atoms with Crippen molar-refractivity contribution < 1.29 is 37.0 Å². The summed E-state index contributed by atoms with van der Waals surface area (Å²) in [6.45, 7) is 0.564. The number of halogens is 3. The summed E-state index contributed by atoms with van der Waals surface area (Å²) < 4.78 is 55.1. The topological polar surface area (TPSA) is 97.9 Å². The number of amides is 3. The molecule has 3 amide bonds. The number of carbonyl (C=O) groups excluding carboxylic acids is 2. The van der Waals surface area contributed by atoms with Gasteiger partial charge in [0.05, 0.1) is 24.8 Å². The molecule has 2 aromatic rings. The minimum Gasteiger partial charge on any atom is -0.441 e. The summed E-state index contributed by atoms with van der Waals surface area (Å²) in [4.78, 5) is 24.4. The number of urea groups is 1. The second kappa shape index (κ2) is 9.67. The molecule has 0 aromatic heterocycles. The summed E-state index contributed by atoms with van der Waals surface area (Å²) in [5.74, 6) is 0. The Hall–Kier alpha value is -3.31. The molecule has 11 heteroatoms.